The first kappa shape index (κ1) is 12.6. The Kier molecular flexibility index (Phi) is 3.08. The number of aromatic nitrogens is 2. The van der Waals surface area contributed by atoms with E-state index in [9.17, 15) is 18.5 Å². The van der Waals surface area contributed by atoms with Gasteiger partial charge in [0.25, 0.3) is 11.7 Å². The van der Waals surface area contributed by atoms with Crippen LogP contribution in [-0.2, 0) is 15.6 Å². The highest BCUT2D eigenvalue weighted by Gasteiger charge is 2.19. The van der Waals surface area contributed by atoms with Gasteiger partial charge in [0.1, 0.15) is 11.4 Å². The Morgan fingerprint density at radius 3 is 2.67 bits per heavy atom. The quantitative estimate of drug-likeness (QED) is 0.657. The van der Waals surface area contributed by atoms with E-state index >= 15 is 0 Å². The number of nitrogens with zero attached hydrogens (tertiary/aromatic N) is 2. The van der Waals surface area contributed by atoms with Crippen molar-refractivity contribution in [3.63, 3.8) is 0 Å². The van der Waals surface area contributed by atoms with Crippen LogP contribution in [0.25, 0.3) is 11.0 Å². The van der Waals surface area contributed by atoms with Gasteiger partial charge in [-0.2, -0.15) is 4.73 Å². The van der Waals surface area contributed by atoms with Crippen LogP contribution < -0.4 is 4.43 Å². The SMILES string of the molecule is CCS(=O)(=O)Cc1c[n+](=O)c2ccccc2n1O. The standard InChI is InChI=1S/C11H13N2O4S/c1-2-18(16,17)8-9-7-12(14)10-5-3-4-6-11(10)13(9)15/h3-7,15H,2,8H2,1H3/q+1. The monoisotopic (exact) mass is 269 g/mol. The molecular formula is C11H13N2O4S+. The molecule has 1 heterocycles. The number of para-hydroxylation sites is 2. The lowest BCUT2D eigenvalue weighted by Crippen LogP contribution is -2.23. The van der Waals surface area contributed by atoms with Crippen molar-refractivity contribution in [1.82, 2.24) is 4.73 Å². The van der Waals surface area contributed by atoms with E-state index < -0.39 is 9.84 Å². The van der Waals surface area contributed by atoms with Crippen molar-refractivity contribution in [3.8, 4) is 0 Å². The lowest BCUT2D eigenvalue weighted by Gasteiger charge is -2.05. The Morgan fingerprint density at radius 1 is 1.33 bits per heavy atom. The van der Waals surface area contributed by atoms with E-state index in [0.29, 0.717) is 4.43 Å². The molecule has 0 saturated heterocycles. The summed E-state index contributed by atoms with van der Waals surface area (Å²) in [6, 6.07) is 6.42. The highest BCUT2D eigenvalue weighted by atomic mass is 32.2. The van der Waals surface area contributed by atoms with Crippen molar-refractivity contribution in [2.45, 2.75) is 12.7 Å². The predicted molar refractivity (Wildman–Crippen MR) is 65.7 cm³/mol. The summed E-state index contributed by atoms with van der Waals surface area (Å²) >= 11 is 0. The van der Waals surface area contributed by atoms with Gasteiger partial charge in [0.2, 0.25) is 0 Å². The molecule has 0 bridgehead atoms. The third-order valence-corrected chi connectivity index (χ3v) is 4.31. The molecule has 0 aliphatic heterocycles. The molecule has 1 N–H and O–H groups in total. The molecule has 0 amide bonds. The zero-order valence-electron chi connectivity index (χ0n) is 9.78. The fourth-order valence-electron chi connectivity index (χ4n) is 1.67. The van der Waals surface area contributed by atoms with Crippen molar-refractivity contribution in [2.75, 3.05) is 5.75 Å². The normalized spacial score (nSPS) is 11.8. The zero-order valence-corrected chi connectivity index (χ0v) is 10.6. The van der Waals surface area contributed by atoms with Gasteiger partial charge in [0.05, 0.1) is 4.43 Å². The van der Waals surface area contributed by atoms with Crippen LogP contribution in [-0.4, -0.2) is 24.1 Å². The second-order valence-corrected chi connectivity index (χ2v) is 6.28. The van der Waals surface area contributed by atoms with E-state index in [1.807, 2.05) is 0 Å². The molecule has 0 radical (unpaired) electrons. The molecule has 0 saturated carbocycles. The van der Waals surface area contributed by atoms with Crippen LogP contribution in [0.3, 0.4) is 0 Å². The summed E-state index contributed by atoms with van der Waals surface area (Å²) in [5.41, 5.74) is 0.597. The number of rotatable bonds is 3. The Labute approximate surface area is 104 Å². The van der Waals surface area contributed by atoms with Crippen LogP contribution >= 0.6 is 0 Å². The van der Waals surface area contributed by atoms with Crippen molar-refractivity contribution < 1.29 is 18.1 Å². The molecule has 0 fully saturated rings. The molecule has 0 spiro atoms. The highest BCUT2D eigenvalue weighted by molar-refractivity contribution is 7.90. The first-order chi connectivity index (χ1) is 8.44. The summed E-state index contributed by atoms with van der Waals surface area (Å²) in [6.07, 6.45) is 1.08. The van der Waals surface area contributed by atoms with Crippen LogP contribution in [0.4, 0.5) is 0 Å². The van der Waals surface area contributed by atoms with E-state index in [-0.39, 0.29) is 28.2 Å². The highest BCUT2D eigenvalue weighted by Crippen LogP contribution is 2.12. The Balaban J connectivity index is 2.68. The smallest absolute Gasteiger partial charge is 0.289 e. The summed E-state index contributed by atoms with van der Waals surface area (Å²) in [6.45, 7) is 1.52. The van der Waals surface area contributed by atoms with E-state index in [1.165, 1.54) is 6.92 Å². The molecular weight excluding hydrogens is 256 g/mol. The number of hydrogen-bond acceptors (Lipinski definition) is 4. The number of sulfone groups is 1. The summed E-state index contributed by atoms with van der Waals surface area (Å²) in [4.78, 5) is 11.7. The second kappa shape index (κ2) is 4.41. The van der Waals surface area contributed by atoms with Gasteiger partial charge in [-0.05, 0) is 6.07 Å². The first-order valence-electron chi connectivity index (χ1n) is 5.40. The maximum absolute atomic E-state index is 11.7. The van der Waals surface area contributed by atoms with Crippen molar-refractivity contribution in [2.24, 2.45) is 0 Å². The molecule has 1 aromatic heterocycles. The van der Waals surface area contributed by atoms with Gasteiger partial charge >= 0.3 is 0 Å². The summed E-state index contributed by atoms with van der Waals surface area (Å²) in [5.74, 6) is -0.411. The lowest BCUT2D eigenvalue weighted by atomic mass is 10.3. The molecule has 0 aliphatic rings. The maximum atomic E-state index is 11.7. The fraction of sp³-hybridized carbons (Fsp3) is 0.273. The first-order valence-corrected chi connectivity index (χ1v) is 7.22. The van der Waals surface area contributed by atoms with Crippen LogP contribution in [0, 0.1) is 4.91 Å². The largest absolute Gasteiger partial charge is 0.428 e. The van der Waals surface area contributed by atoms with E-state index in [1.54, 1.807) is 24.3 Å². The minimum absolute atomic E-state index is 0.0430. The van der Waals surface area contributed by atoms with Crippen molar-refractivity contribution in [3.05, 3.63) is 41.1 Å². The predicted octanol–water partition coefficient (Wildman–Crippen LogP) is 0.728. The average molecular weight is 269 g/mol. The molecule has 6 nitrogen and oxygen atoms in total. The topological polar surface area (TPSA) is 82.3 Å². The van der Waals surface area contributed by atoms with Crippen LogP contribution in [0.15, 0.2) is 30.5 Å². The molecule has 2 aromatic rings. The fourth-order valence-corrected chi connectivity index (χ4v) is 2.52. The van der Waals surface area contributed by atoms with E-state index in [2.05, 4.69) is 0 Å². The summed E-state index contributed by atoms with van der Waals surface area (Å²) in [5, 5.41) is 9.93. The average Bonchev–Trinajstić information content (AvgIpc) is 2.35. The third kappa shape index (κ3) is 2.21. The van der Waals surface area contributed by atoms with Gasteiger partial charge in [-0.25, -0.2) is 8.42 Å². The van der Waals surface area contributed by atoms with Crippen LogP contribution in [0.1, 0.15) is 12.6 Å². The Bertz CT molecular complexity index is 749. The number of fused-ring (bicyclic) bond motifs is 1. The molecule has 0 atom stereocenters. The van der Waals surface area contributed by atoms with Crippen molar-refractivity contribution in [1.29, 1.82) is 0 Å². The van der Waals surface area contributed by atoms with E-state index in [4.69, 9.17) is 0 Å². The van der Waals surface area contributed by atoms with Gasteiger partial charge in [-0.15, -0.1) is 0 Å². The van der Waals surface area contributed by atoms with Crippen LogP contribution in [0.2, 0.25) is 0 Å². The van der Waals surface area contributed by atoms with Gasteiger partial charge < -0.3 is 5.21 Å². The van der Waals surface area contributed by atoms with Crippen LogP contribution in [0.5, 0.6) is 0 Å². The minimum atomic E-state index is -3.31. The molecule has 18 heavy (non-hydrogen) atoms. The van der Waals surface area contributed by atoms with Gasteiger partial charge in [0.15, 0.2) is 15.4 Å². The lowest BCUT2D eigenvalue weighted by molar-refractivity contribution is -0.465. The molecule has 0 aliphatic carbocycles. The number of benzene rings is 1. The third-order valence-electron chi connectivity index (χ3n) is 2.69. The molecule has 2 rings (SSSR count). The Morgan fingerprint density at radius 2 is 2.00 bits per heavy atom. The molecule has 96 valence electrons. The number of hydrogen-bond donors (Lipinski definition) is 1. The summed E-state index contributed by atoms with van der Waals surface area (Å²) in [7, 11) is -3.31. The molecule has 0 unspecified atom stereocenters. The minimum Gasteiger partial charge on any atom is -0.428 e. The maximum Gasteiger partial charge on any atom is 0.289 e. The van der Waals surface area contributed by atoms with Gasteiger partial charge in [0, 0.05) is 16.7 Å². The van der Waals surface area contributed by atoms with Gasteiger partial charge in [-0.3, -0.25) is 0 Å². The second-order valence-electron chi connectivity index (χ2n) is 3.92. The van der Waals surface area contributed by atoms with Gasteiger partial charge in [-0.1, -0.05) is 19.1 Å². The van der Waals surface area contributed by atoms with Crippen molar-refractivity contribution >= 4 is 20.9 Å². The molecule has 7 heteroatoms. The molecule has 1 aromatic carbocycles. The summed E-state index contributed by atoms with van der Waals surface area (Å²) < 4.78 is 24.4. The Hall–Kier alpha value is -1.89. The van der Waals surface area contributed by atoms with E-state index in [0.717, 1.165) is 10.9 Å². The zero-order chi connectivity index (χ0) is 13.3.